The van der Waals surface area contributed by atoms with Gasteiger partial charge in [-0.25, -0.2) is 9.97 Å². The van der Waals surface area contributed by atoms with Crippen molar-refractivity contribution in [3.05, 3.63) is 46.7 Å². The molecular weight excluding hydrogens is 378 g/mol. The number of aromatic nitrogens is 3. The van der Waals surface area contributed by atoms with Crippen molar-refractivity contribution in [2.45, 2.75) is 64.0 Å². The van der Waals surface area contributed by atoms with Crippen molar-refractivity contribution in [3.8, 4) is 0 Å². The average Bonchev–Trinajstić information content (AvgIpc) is 3.66. The standard InChI is InChI=1S/C23H25N5O2/c1-13-18(19-20(27-23(2)7-8-23)25-12-26-21(19)30-13)22(29)28-10-6-16-15(14-3-4-14)5-9-24-17(16)11-28/h5,9,12,14H,3-4,6-8,10-11H2,1-2H3,(H,25,26,27). The maximum atomic E-state index is 13.6. The second-order valence-electron chi connectivity index (χ2n) is 9.20. The lowest BCUT2D eigenvalue weighted by molar-refractivity contribution is 0.0731. The van der Waals surface area contributed by atoms with Crippen LogP contribution in [-0.4, -0.2) is 37.8 Å². The molecule has 0 radical (unpaired) electrons. The van der Waals surface area contributed by atoms with E-state index in [1.165, 1.54) is 30.3 Å². The molecule has 0 atom stereocenters. The van der Waals surface area contributed by atoms with Gasteiger partial charge in [0.05, 0.1) is 23.2 Å². The summed E-state index contributed by atoms with van der Waals surface area (Å²) in [5, 5.41) is 4.19. The van der Waals surface area contributed by atoms with E-state index < -0.39 is 0 Å². The molecule has 6 rings (SSSR count). The van der Waals surface area contributed by atoms with Crippen molar-refractivity contribution in [2.24, 2.45) is 0 Å². The van der Waals surface area contributed by atoms with Gasteiger partial charge < -0.3 is 14.6 Å². The predicted molar refractivity (Wildman–Crippen MR) is 112 cm³/mol. The van der Waals surface area contributed by atoms with Crippen LogP contribution in [0.3, 0.4) is 0 Å². The third-order valence-electron chi connectivity index (χ3n) is 6.76. The van der Waals surface area contributed by atoms with E-state index >= 15 is 0 Å². The van der Waals surface area contributed by atoms with Gasteiger partial charge >= 0.3 is 0 Å². The second-order valence-corrected chi connectivity index (χ2v) is 9.20. The number of pyridine rings is 1. The molecule has 7 heteroatoms. The first-order chi connectivity index (χ1) is 14.5. The number of hydrogen-bond acceptors (Lipinski definition) is 6. The highest BCUT2D eigenvalue weighted by Crippen LogP contribution is 2.43. The van der Waals surface area contributed by atoms with Crippen molar-refractivity contribution in [1.82, 2.24) is 19.9 Å². The number of nitrogens with one attached hydrogen (secondary N) is 1. The minimum absolute atomic E-state index is 0.0330. The van der Waals surface area contributed by atoms with E-state index in [1.54, 1.807) is 0 Å². The number of rotatable bonds is 4. The summed E-state index contributed by atoms with van der Waals surface area (Å²) in [6, 6.07) is 2.16. The quantitative estimate of drug-likeness (QED) is 0.710. The van der Waals surface area contributed by atoms with Gasteiger partial charge in [-0.1, -0.05) is 0 Å². The second kappa shape index (κ2) is 6.27. The third kappa shape index (κ3) is 2.87. The van der Waals surface area contributed by atoms with Gasteiger partial charge in [0.15, 0.2) is 0 Å². The van der Waals surface area contributed by atoms with Crippen LogP contribution >= 0.6 is 0 Å². The number of fused-ring (bicyclic) bond motifs is 2. The Morgan fingerprint density at radius 2 is 2.10 bits per heavy atom. The Kier molecular flexibility index (Phi) is 3.73. The summed E-state index contributed by atoms with van der Waals surface area (Å²) < 4.78 is 5.86. The van der Waals surface area contributed by atoms with E-state index in [9.17, 15) is 4.79 Å². The Morgan fingerprint density at radius 3 is 2.87 bits per heavy atom. The molecule has 0 spiro atoms. The highest BCUT2D eigenvalue weighted by Gasteiger charge is 2.39. The van der Waals surface area contributed by atoms with Gasteiger partial charge in [0, 0.05) is 18.3 Å². The molecule has 3 aliphatic rings. The number of anilines is 1. The van der Waals surface area contributed by atoms with E-state index in [0.29, 0.717) is 47.2 Å². The molecule has 2 fully saturated rings. The van der Waals surface area contributed by atoms with Crippen LogP contribution in [0.5, 0.6) is 0 Å². The molecule has 0 saturated heterocycles. The lowest BCUT2D eigenvalue weighted by atomic mass is 9.96. The summed E-state index contributed by atoms with van der Waals surface area (Å²) in [5.41, 5.74) is 4.90. The average molecular weight is 403 g/mol. The van der Waals surface area contributed by atoms with Gasteiger partial charge in [-0.15, -0.1) is 0 Å². The molecule has 3 aromatic heterocycles. The number of amides is 1. The summed E-state index contributed by atoms with van der Waals surface area (Å²) in [6.07, 6.45) is 8.98. The number of hydrogen-bond donors (Lipinski definition) is 1. The molecule has 4 heterocycles. The number of nitrogens with zero attached hydrogens (tertiary/aromatic N) is 4. The monoisotopic (exact) mass is 403 g/mol. The fraction of sp³-hybridized carbons (Fsp3) is 0.478. The zero-order chi connectivity index (χ0) is 20.5. The normalized spacial score (nSPS) is 19.6. The summed E-state index contributed by atoms with van der Waals surface area (Å²) in [4.78, 5) is 28.8. The van der Waals surface area contributed by atoms with Crippen LogP contribution in [0, 0.1) is 6.92 Å². The van der Waals surface area contributed by atoms with Gasteiger partial charge in [-0.05, 0) is 69.1 Å². The third-order valence-corrected chi connectivity index (χ3v) is 6.76. The van der Waals surface area contributed by atoms with Crippen LogP contribution < -0.4 is 5.32 Å². The fourth-order valence-electron chi connectivity index (χ4n) is 4.59. The largest absolute Gasteiger partial charge is 0.442 e. The van der Waals surface area contributed by atoms with E-state index in [4.69, 9.17) is 4.42 Å². The Hall–Kier alpha value is -2.96. The maximum absolute atomic E-state index is 13.6. The smallest absolute Gasteiger partial charge is 0.258 e. The topological polar surface area (TPSA) is 84.2 Å². The summed E-state index contributed by atoms with van der Waals surface area (Å²) in [7, 11) is 0. The summed E-state index contributed by atoms with van der Waals surface area (Å²) in [6.45, 7) is 5.23. The number of carbonyl (C=O) groups is 1. The van der Waals surface area contributed by atoms with Crippen molar-refractivity contribution in [3.63, 3.8) is 0 Å². The van der Waals surface area contributed by atoms with Crippen LogP contribution in [0.1, 0.15) is 71.5 Å². The Balaban J connectivity index is 1.36. The molecule has 1 aliphatic heterocycles. The SMILES string of the molecule is Cc1oc2ncnc(NC3(C)CC3)c2c1C(=O)N1CCc2c(C3CC3)ccnc2C1. The molecule has 154 valence electrons. The zero-order valence-electron chi connectivity index (χ0n) is 17.4. The van der Waals surface area contributed by atoms with Crippen LogP contribution in [0.25, 0.3) is 11.1 Å². The summed E-state index contributed by atoms with van der Waals surface area (Å²) >= 11 is 0. The Bertz CT molecular complexity index is 1180. The maximum Gasteiger partial charge on any atom is 0.258 e. The van der Waals surface area contributed by atoms with Gasteiger partial charge in [0.1, 0.15) is 17.9 Å². The molecule has 3 aromatic rings. The minimum Gasteiger partial charge on any atom is -0.442 e. The van der Waals surface area contributed by atoms with E-state index in [1.807, 2.05) is 18.0 Å². The lowest BCUT2D eigenvalue weighted by Crippen LogP contribution is -2.37. The predicted octanol–water partition coefficient (Wildman–Crippen LogP) is 3.97. The van der Waals surface area contributed by atoms with Crippen molar-refractivity contribution in [2.75, 3.05) is 11.9 Å². The van der Waals surface area contributed by atoms with Crippen LogP contribution in [0.15, 0.2) is 23.0 Å². The fourth-order valence-corrected chi connectivity index (χ4v) is 4.59. The molecule has 1 N–H and O–H groups in total. The van der Waals surface area contributed by atoms with Gasteiger partial charge in [-0.2, -0.15) is 0 Å². The molecule has 7 nitrogen and oxygen atoms in total. The first-order valence-electron chi connectivity index (χ1n) is 10.8. The molecular formula is C23H25N5O2. The zero-order valence-corrected chi connectivity index (χ0v) is 17.4. The van der Waals surface area contributed by atoms with Crippen LogP contribution in [-0.2, 0) is 13.0 Å². The van der Waals surface area contributed by atoms with Crippen LogP contribution in [0.2, 0.25) is 0 Å². The molecule has 2 aliphatic carbocycles. The van der Waals surface area contributed by atoms with Gasteiger partial charge in [-0.3, -0.25) is 9.78 Å². The minimum atomic E-state index is -0.0330. The Labute approximate surface area is 174 Å². The molecule has 0 unspecified atom stereocenters. The highest BCUT2D eigenvalue weighted by atomic mass is 16.3. The van der Waals surface area contributed by atoms with Crippen LogP contribution in [0.4, 0.5) is 5.82 Å². The number of aryl methyl sites for hydroxylation is 1. The molecule has 1 amide bonds. The van der Waals surface area contributed by atoms with Crippen molar-refractivity contribution < 1.29 is 9.21 Å². The summed E-state index contributed by atoms with van der Waals surface area (Å²) in [5.74, 6) is 1.93. The lowest BCUT2D eigenvalue weighted by Gasteiger charge is -2.29. The number of furan rings is 1. The molecule has 0 aromatic carbocycles. The first kappa shape index (κ1) is 17.9. The van der Waals surface area contributed by atoms with E-state index in [2.05, 4.69) is 33.3 Å². The van der Waals surface area contributed by atoms with E-state index in [-0.39, 0.29) is 11.4 Å². The van der Waals surface area contributed by atoms with Gasteiger partial charge in [0.2, 0.25) is 5.71 Å². The first-order valence-corrected chi connectivity index (χ1v) is 10.8. The van der Waals surface area contributed by atoms with Gasteiger partial charge in [0.25, 0.3) is 5.91 Å². The molecule has 0 bridgehead atoms. The number of carbonyl (C=O) groups excluding carboxylic acids is 1. The van der Waals surface area contributed by atoms with E-state index in [0.717, 1.165) is 25.0 Å². The Morgan fingerprint density at radius 1 is 1.27 bits per heavy atom. The van der Waals surface area contributed by atoms with Crippen molar-refractivity contribution >= 4 is 22.8 Å². The highest BCUT2D eigenvalue weighted by molar-refractivity contribution is 6.10. The molecule has 2 saturated carbocycles. The van der Waals surface area contributed by atoms with Crippen molar-refractivity contribution in [1.29, 1.82) is 0 Å². The molecule has 30 heavy (non-hydrogen) atoms.